The predicted octanol–water partition coefficient (Wildman–Crippen LogP) is 9.13. The molecule has 0 aromatic heterocycles. The van der Waals surface area contributed by atoms with E-state index in [9.17, 15) is 0 Å². The summed E-state index contributed by atoms with van der Waals surface area (Å²) in [5, 5.41) is 0. The maximum absolute atomic E-state index is 16.0. The van der Waals surface area contributed by atoms with Crippen LogP contribution in [0.3, 0.4) is 0 Å². The average Bonchev–Trinajstić information content (AvgIpc) is 2.93. The summed E-state index contributed by atoms with van der Waals surface area (Å²) in [5.74, 6) is -0.540. The second kappa shape index (κ2) is 16.4. The highest BCUT2D eigenvalue weighted by Crippen LogP contribution is 2.42. The summed E-state index contributed by atoms with van der Waals surface area (Å²) in [5.41, 5.74) is -0.715. The smallest absolute Gasteiger partial charge is 0.193 e. The first-order chi connectivity index (χ1) is 18.1. The van der Waals surface area contributed by atoms with Crippen LogP contribution in [-0.4, -0.2) is 37.9 Å². The van der Waals surface area contributed by atoms with Crippen molar-refractivity contribution in [2.75, 3.05) is 19.8 Å². The molecule has 2 unspecified atom stereocenters. The number of ether oxygens (including phenoxy) is 3. The summed E-state index contributed by atoms with van der Waals surface area (Å²) >= 11 is 0. The van der Waals surface area contributed by atoms with Gasteiger partial charge in [-0.2, -0.15) is 0 Å². The highest BCUT2D eigenvalue weighted by atomic mass is 19.2. The lowest BCUT2D eigenvalue weighted by Crippen LogP contribution is -2.57. The second-order valence-electron chi connectivity index (χ2n) is 10.7. The first-order valence-electron chi connectivity index (χ1n) is 14.8. The minimum atomic E-state index is -1.99. The standard InChI is InChI=1S/C32H48F2O3/c1-3-5-7-9-11-14-18-26-24-35-31(36-25-26)32(37-23-17-12-10-8-6-4-2)22-21-28(29(33)30(32)34)27-19-15-13-16-20-27/h13,15-16,19-22,26,30-31H,3-12,14,17-18,23-25H2,1-2H3. The third-order valence-corrected chi connectivity index (χ3v) is 7.62. The van der Waals surface area contributed by atoms with Crippen molar-refractivity contribution in [3.63, 3.8) is 0 Å². The van der Waals surface area contributed by atoms with E-state index in [1.54, 1.807) is 24.3 Å². The zero-order valence-electron chi connectivity index (χ0n) is 23.1. The Bertz CT molecular complexity index is 817. The van der Waals surface area contributed by atoms with Crippen molar-refractivity contribution < 1.29 is 23.0 Å². The summed E-state index contributed by atoms with van der Waals surface area (Å²) in [4.78, 5) is 0. The van der Waals surface area contributed by atoms with Gasteiger partial charge in [0.1, 0.15) is 5.83 Å². The Kier molecular flexibility index (Phi) is 13.3. The molecule has 37 heavy (non-hydrogen) atoms. The molecule has 0 saturated carbocycles. The molecule has 1 aliphatic carbocycles. The molecule has 1 aromatic rings. The molecule has 0 bridgehead atoms. The fourth-order valence-corrected chi connectivity index (χ4v) is 5.27. The number of unbranched alkanes of at least 4 members (excludes halogenated alkanes) is 10. The van der Waals surface area contributed by atoms with E-state index in [1.807, 2.05) is 18.2 Å². The minimum absolute atomic E-state index is 0.253. The fraction of sp³-hybridized carbons (Fsp3) is 0.688. The maximum atomic E-state index is 16.0. The van der Waals surface area contributed by atoms with Gasteiger partial charge in [-0.25, -0.2) is 8.78 Å². The van der Waals surface area contributed by atoms with Crippen LogP contribution in [0.5, 0.6) is 0 Å². The van der Waals surface area contributed by atoms with Gasteiger partial charge in [-0.1, -0.05) is 121 Å². The molecular formula is C32H48F2O3. The van der Waals surface area contributed by atoms with Crippen molar-refractivity contribution in [3.05, 3.63) is 53.9 Å². The van der Waals surface area contributed by atoms with Gasteiger partial charge in [-0.15, -0.1) is 0 Å². The molecule has 0 N–H and O–H groups in total. The summed E-state index contributed by atoms with van der Waals surface area (Å²) in [6.45, 7) is 5.73. The number of halogens is 2. The van der Waals surface area contributed by atoms with Crippen LogP contribution >= 0.6 is 0 Å². The van der Waals surface area contributed by atoms with Gasteiger partial charge in [0.2, 0.25) is 0 Å². The summed E-state index contributed by atoms with van der Waals surface area (Å²) in [7, 11) is 0. The van der Waals surface area contributed by atoms with Gasteiger partial charge in [0.15, 0.2) is 18.1 Å². The Labute approximate surface area is 223 Å². The lowest BCUT2D eigenvalue weighted by atomic mass is 9.85. The maximum Gasteiger partial charge on any atom is 0.193 e. The molecule has 3 nitrogen and oxygen atoms in total. The van der Waals surface area contributed by atoms with Crippen molar-refractivity contribution in [3.8, 4) is 0 Å². The highest BCUT2D eigenvalue weighted by molar-refractivity contribution is 5.78. The summed E-state index contributed by atoms with van der Waals surface area (Å²) in [6, 6.07) is 9.09. The van der Waals surface area contributed by atoms with Crippen molar-refractivity contribution in [1.29, 1.82) is 0 Å². The van der Waals surface area contributed by atoms with Crippen LogP contribution in [-0.2, 0) is 14.2 Å². The molecule has 0 amide bonds. The number of benzene rings is 1. The lowest BCUT2D eigenvalue weighted by molar-refractivity contribution is -0.285. The molecule has 0 radical (unpaired) electrons. The number of hydrogen-bond acceptors (Lipinski definition) is 3. The lowest BCUT2D eigenvalue weighted by Gasteiger charge is -2.44. The van der Waals surface area contributed by atoms with Crippen LogP contribution in [0.1, 0.15) is 103 Å². The van der Waals surface area contributed by atoms with Gasteiger partial charge in [0, 0.05) is 18.1 Å². The van der Waals surface area contributed by atoms with Crippen LogP contribution in [0, 0.1) is 5.92 Å². The summed E-state index contributed by atoms with van der Waals surface area (Å²) in [6.07, 6.45) is 15.4. The second-order valence-corrected chi connectivity index (χ2v) is 10.7. The van der Waals surface area contributed by atoms with E-state index in [2.05, 4.69) is 13.8 Å². The Balaban J connectivity index is 1.61. The predicted molar refractivity (Wildman–Crippen MR) is 148 cm³/mol. The van der Waals surface area contributed by atoms with Crippen LogP contribution in [0.4, 0.5) is 8.78 Å². The van der Waals surface area contributed by atoms with E-state index in [4.69, 9.17) is 14.2 Å². The topological polar surface area (TPSA) is 27.7 Å². The van der Waals surface area contributed by atoms with Crippen LogP contribution in [0.15, 0.2) is 48.3 Å². The van der Waals surface area contributed by atoms with Crippen LogP contribution in [0.2, 0.25) is 0 Å². The van der Waals surface area contributed by atoms with E-state index in [0.717, 1.165) is 32.1 Å². The van der Waals surface area contributed by atoms with Crippen LogP contribution in [0.25, 0.3) is 5.57 Å². The molecular weight excluding hydrogens is 470 g/mol. The van der Waals surface area contributed by atoms with Gasteiger partial charge in [0.25, 0.3) is 0 Å². The quantitative estimate of drug-likeness (QED) is 0.192. The molecule has 2 atom stereocenters. The van der Waals surface area contributed by atoms with Gasteiger partial charge < -0.3 is 14.2 Å². The normalized spacial score (nSPS) is 26.1. The third kappa shape index (κ3) is 8.73. The van der Waals surface area contributed by atoms with Crippen molar-refractivity contribution in [2.24, 2.45) is 5.92 Å². The number of alkyl halides is 1. The fourth-order valence-electron chi connectivity index (χ4n) is 5.27. The molecule has 1 aromatic carbocycles. The van der Waals surface area contributed by atoms with E-state index >= 15 is 8.78 Å². The van der Waals surface area contributed by atoms with E-state index in [1.165, 1.54) is 51.4 Å². The monoisotopic (exact) mass is 518 g/mol. The zero-order chi connectivity index (χ0) is 26.3. The van der Waals surface area contributed by atoms with E-state index in [-0.39, 0.29) is 11.5 Å². The number of rotatable bonds is 17. The minimum Gasteiger partial charge on any atom is -0.362 e. The largest absolute Gasteiger partial charge is 0.362 e. The molecule has 1 saturated heterocycles. The van der Waals surface area contributed by atoms with E-state index in [0.29, 0.717) is 25.4 Å². The molecule has 208 valence electrons. The van der Waals surface area contributed by atoms with Crippen molar-refractivity contribution in [2.45, 2.75) is 115 Å². The molecule has 5 heteroatoms. The molecule has 0 spiro atoms. The van der Waals surface area contributed by atoms with Gasteiger partial charge in [-0.3, -0.25) is 0 Å². The van der Waals surface area contributed by atoms with Gasteiger partial charge in [0.05, 0.1) is 13.2 Å². The number of allylic oxidation sites excluding steroid dienone is 2. The molecule has 1 aliphatic heterocycles. The van der Waals surface area contributed by atoms with E-state index < -0.39 is 23.9 Å². The van der Waals surface area contributed by atoms with Crippen molar-refractivity contribution in [1.82, 2.24) is 0 Å². The zero-order valence-corrected chi connectivity index (χ0v) is 23.1. The highest BCUT2D eigenvalue weighted by Gasteiger charge is 2.53. The number of hydrogen-bond donors (Lipinski definition) is 0. The first-order valence-corrected chi connectivity index (χ1v) is 14.8. The SMILES string of the molecule is CCCCCCCCOC1(C2OCC(CCCCCCCC)CO2)C=CC(c2ccccc2)=C(F)C1F. The van der Waals surface area contributed by atoms with Gasteiger partial charge in [-0.05, 0) is 24.5 Å². The Hall–Kier alpha value is -1.56. The summed E-state index contributed by atoms with van der Waals surface area (Å²) < 4.78 is 49.8. The Morgan fingerprint density at radius 2 is 1.43 bits per heavy atom. The third-order valence-electron chi connectivity index (χ3n) is 7.62. The van der Waals surface area contributed by atoms with Crippen LogP contribution < -0.4 is 0 Å². The Morgan fingerprint density at radius 1 is 0.838 bits per heavy atom. The van der Waals surface area contributed by atoms with Gasteiger partial charge >= 0.3 is 0 Å². The Morgan fingerprint density at radius 3 is 2.08 bits per heavy atom. The average molecular weight is 519 g/mol. The molecule has 1 heterocycles. The molecule has 1 fully saturated rings. The first kappa shape index (κ1) is 30.0. The van der Waals surface area contributed by atoms with Crippen molar-refractivity contribution >= 4 is 5.57 Å². The molecule has 3 rings (SSSR count). The molecule has 2 aliphatic rings.